The fourth-order valence-corrected chi connectivity index (χ4v) is 3.52. The number of carbonyl (C=O) groups is 1. The van der Waals surface area contributed by atoms with E-state index in [4.69, 9.17) is 44.9 Å². The van der Waals surface area contributed by atoms with E-state index in [0.29, 0.717) is 18.1 Å². The Hall–Kier alpha value is -0.0600. The predicted octanol–water partition coefficient (Wildman–Crippen LogP) is 4.14. The molecule has 116 valence electrons. The van der Waals surface area contributed by atoms with E-state index in [9.17, 15) is 4.79 Å². The summed E-state index contributed by atoms with van der Waals surface area (Å²) in [5.41, 5.74) is -0.554. The van der Waals surface area contributed by atoms with E-state index in [0.717, 1.165) is 0 Å². The Kier molecular flexibility index (Phi) is 5.73. The lowest BCUT2D eigenvalue weighted by Crippen LogP contribution is -2.34. The summed E-state index contributed by atoms with van der Waals surface area (Å²) in [5.74, 6) is -1.24. The Balaban J connectivity index is 2.97. The molecule has 6 heteroatoms. The van der Waals surface area contributed by atoms with Gasteiger partial charge in [-0.1, -0.05) is 6.92 Å². The highest BCUT2D eigenvalue weighted by Gasteiger charge is 2.55. The first-order valence-electron chi connectivity index (χ1n) is 6.77. The minimum absolute atomic E-state index is 0.164. The first-order valence-corrected chi connectivity index (χ1v) is 7.93. The Labute approximate surface area is 136 Å². The van der Waals surface area contributed by atoms with E-state index >= 15 is 0 Å². The average Bonchev–Trinajstić information content (AvgIpc) is 2.48. The number of carbonyl (C=O) groups excluding carboxylic acids is 1. The van der Waals surface area contributed by atoms with Crippen molar-refractivity contribution in [2.45, 2.75) is 51.0 Å². The van der Waals surface area contributed by atoms with Gasteiger partial charge in [0.1, 0.15) is 9.93 Å². The van der Waals surface area contributed by atoms with Crippen LogP contribution in [-0.4, -0.2) is 27.6 Å². The van der Waals surface area contributed by atoms with Gasteiger partial charge in [0.15, 0.2) is 5.05 Å². The van der Waals surface area contributed by atoms with Crippen LogP contribution < -0.4 is 0 Å². The van der Waals surface area contributed by atoms with Crippen molar-refractivity contribution < 1.29 is 14.3 Å². The molecule has 0 amide bonds. The highest BCUT2D eigenvalue weighted by atomic mass is 35.5. The highest BCUT2D eigenvalue weighted by Crippen LogP contribution is 2.52. The first kappa shape index (κ1) is 18.0. The second-order valence-corrected chi connectivity index (χ2v) is 8.12. The van der Waals surface area contributed by atoms with E-state index in [-0.39, 0.29) is 17.8 Å². The van der Waals surface area contributed by atoms with Gasteiger partial charge in [-0.05, 0) is 46.3 Å². The zero-order valence-electron chi connectivity index (χ0n) is 12.5. The molecule has 0 aromatic heterocycles. The zero-order valence-corrected chi connectivity index (χ0v) is 14.9. The third-order valence-corrected chi connectivity index (χ3v) is 4.79. The van der Waals surface area contributed by atoms with Crippen molar-refractivity contribution in [2.24, 2.45) is 17.8 Å². The number of rotatable bonds is 3. The van der Waals surface area contributed by atoms with Gasteiger partial charge in [0.05, 0.1) is 12.5 Å². The van der Waals surface area contributed by atoms with Crippen molar-refractivity contribution in [3.63, 3.8) is 0 Å². The summed E-state index contributed by atoms with van der Waals surface area (Å²) < 4.78 is 9.86. The van der Waals surface area contributed by atoms with Gasteiger partial charge in [0.2, 0.25) is 0 Å². The molecule has 20 heavy (non-hydrogen) atoms. The SMILES string of the molecule is CCOC(=S)[C@H]1[C@@H](C(=O)OC(C)(C)C)CC(Cl)(Cl)[C@@H]1C. The number of esters is 1. The molecule has 1 rings (SSSR count). The minimum Gasteiger partial charge on any atom is -0.487 e. The lowest BCUT2D eigenvalue weighted by Gasteiger charge is -2.26. The number of hydrogen-bond donors (Lipinski definition) is 0. The minimum atomic E-state index is -0.993. The number of ether oxygens (including phenoxy) is 2. The summed E-state index contributed by atoms with van der Waals surface area (Å²) in [6, 6.07) is 0. The molecule has 0 spiro atoms. The maximum atomic E-state index is 12.4. The average molecular weight is 341 g/mol. The predicted molar refractivity (Wildman–Crippen MR) is 85.3 cm³/mol. The Morgan fingerprint density at radius 3 is 2.40 bits per heavy atom. The van der Waals surface area contributed by atoms with Crippen LogP contribution in [0.3, 0.4) is 0 Å². The van der Waals surface area contributed by atoms with Crippen LogP contribution in [0.1, 0.15) is 41.0 Å². The Bertz CT molecular complexity index is 390. The third-order valence-electron chi connectivity index (χ3n) is 3.40. The number of halogens is 2. The monoisotopic (exact) mass is 340 g/mol. The summed E-state index contributed by atoms with van der Waals surface area (Å²) in [7, 11) is 0. The van der Waals surface area contributed by atoms with Crippen molar-refractivity contribution in [2.75, 3.05) is 6.61 Å². The van der Waals surface area contributed by atoms with Gasteiger partial charge in [0, 0.05) is 11.8 Å². The van der Waals surface area contributed by atoms with Crippen LogP contribution >= 0.6 is 35.4 Å². The zero-order chi connectivity index (χ0) is 15.7. The first-order chi connectivity index (χ1) is 8.99. The number of alkyl halides is 2. The van der Waals surface area contributed by atoms with Gasteiger partial charge in [-0.3, -0.25) is 4.79 Å². The lowest BCUT2D eigenvalue weighted by atomic mass is 9.91. The van der Waals surface area contributed by atoms with Gasteiger partial charge in [0.25, 0.3) is 0 Å². The molecular weight excluding hydrogens is 319 g/mol. The molecule has 0 aromatic rings. The van der Waals surface area contributed by atoms with E-state index < -0.39 is 15.9 Å². The van der Waals surface area contributed by atoms with Crippen molar-refractivity contribution in [1.82, 2.24) is 0 Å². The van der Waals surface area contributed by atoms with E-state index in [2.05, 4.69) is 0 Å². The molecule has 0 radical (unpaired) electrons. The molecule has 0 unspecified atom stereocenters. The second kappa shape index (κ2) is 6.37. The topological polar surface area (TPSA) is 35.5 Å². The van der Waals surface area contributed by atoms with Crippen molar-refractivity contribution in [1.29, 1.82) is 0 Å². The van der Waals surface area contributed by atoms with Crippen LogP contribution in [0.5, 0.6) is 0 Å². The van der Waals surface area contributed by atoms with Crippen molar-refractivity contribution in [3.8, 4) is 0 Å². The Morgan fingerprint density at radius 2 is 1.95 bits per heavy atom. The molecule has 1 aliphatic rings. The van der Waals surface area contributed by atoms with Gasteiger partial charge in [-0.2, -0.15) is 0 Å². The van der Waals surface area contributed by atoms with Crippen molar-refractivity contribution in [3.05, 3.63) is 0 Å². The van der Waals surface area contributed by atoms with Crippen LogP contribution in [0.15, 0.2) is 0 Å². The lowest BCUT2D eigenvalue weighted by molar-refractivity contribution is -0.160. The molecular formula is C14H22Cl2O3S. The molecule has 1 fully saturated rings. The molecule has 1 saturated carbocycles. The molecule has 0 aromatic carbocycles. The standard InChI is InChI=1S/C14H22Cl2O3S/c1-6-18-12(20)10-8(2)14(15,16)7-9(10)11(17)19-13(3,4)5/h8-10H,6-7H2,1-5H3/t8-,9+,10-/m1/s1. The molecule has 1 aliphatic carbocycles. The van der Waals surface area contributed by atoms with E-state index in [1.54, 1.807) is 0 Å². The van der Waals surface area contributed by atoms with Crippen molar-refractivity contribution >= 4 is 46.4 Å². The third kappa shape index (κ3) is 4.22. The molecule has 0 aliphatic heterocycles. The second-order valence-electron chi connectivity index (χ2n) is 6.17. The molecule has 0 bridgehead atoms. The number of thiocarbonyl (C=S) groups is 1. The summed E-state index contributed by atoms with van der Waals surface area (Å²) in [6.45, 7) is 9.68. The summed E-state index contributed by atoms with van der Waals surface area (Å²) >= 11 is 17.9. The molecule has 0 saturated heterocycles. The van der Waals surface area contributed by atoms with Crippen LogP contribution in [0.4, 0.5) is 0 Å². The fourth-order valence-electron chi connectivity index (χ4n) is 2.43. The van der Waals surface area contributed by atoms with E-state index in [1.807, 2.05) is 34.6 Å². The summed E-state index contributed by atoms with van der Waals surface area (Å²) in [5, 5.41) is 0.388. The maximum Gasteiger partial charge on any atom is 0.310 e. The molecule has 3 nitrogen and oxygen atoms in total. The summed E-state index contributed by atoms with van der Waals surface area (Å²) in [6.07, 6.45) is 0.323. The highest BCUT2D eigenvalue weighted by molar-refractivity contribution is 7.80. The number of hydrogen-bond acceptors (Lipinski definition) is 4. The van der Waals surface area contributed by atoms with Gasteiger partial charge < -0.3 is 9.47 Å². The molecule has 0 heterocycles. The van der Waals surface area contributed by atoms with Crippen LogP contribution in [0, 0.1) is 17.8 Å². The maximum absolute atomic E-state index is 12.4. The van der Waals surface area contributed by atoms with Gasteiger partial charge in [-0.15, -0.1) is 23.2 Å². The van der Waals surface area contributed by atoms with Gasteiger partial charge >= 0.3 is 5.97 Å². The van der Waals surface area contributed by atoms with Crippen LogP contribution in [-0.2, 0) is 14.3 Å². The van der Waals surface area contributed by atoms with Gasteiger partial charge in [-0.25, -0.2) is 0 Å². The normalized spacial score (nSPS) is 29.1. The smallest absolute Gasteiger partial charge is 0.310 e. The van der Waals surface area contributed by atoms with E-state index in [1.165, 1.54) is 0 Å². The molecule has 3 atom stereocenters. The molecule has 0 N–H and O–H groups in total. The Morgan fingerprint density at radius 1 is 1.40 bits per heavy atom. The fraction of sp³-hybridized carbons (Fsp3) is 0.857. The largest absolute Gasteiger partial charge is 0.487 e. The summed E-state index contributed by atoms with van der Waals surface area (Å²) in [4.78, 5) is 12.4. The van der Waals surface area contributed by atoms with Crippen LogP contribution in [0.2, 0.25) is 0 Å². The quantitative estimate of drug-likeness (QED) is 0.439. The van der Waals surface area contributed by atoms with Crippen LogP contribution in [0.25, 0.3) is 0 Å².